The Morgan fingerprint density at radius 1 is 1.45 bits per heavy atom. The Morgan fingerprint density at radius 2 is 2.30 bits per heavy atom. The van der Waals surface area contributed by atoms with Crippen LogP contribution in [0.25, 0.3) is 10.9 Å². The number of fused-ring (bicyclic) bond motifs is 1. The summed E-state index contributed by atoms with van der Waals surface area (Å²) in [7, 11) is 1.38. The fourth-order valence-corrected chi connectivity index (χ4v) is 2.58. The second-order valence-electron chi connectivity index (χ2n) is 4.71. The summed E-state index contributed by atoms with van der Waals surface area (Å²) >= 11 is 0. The Kier molecular flexibility index (Phi) is 3.10. The zero-order valence-electron chi connectivity index (χ0n) is 11.1. The van der Waals surface area contributed by atoms with Gasteiger partial charge in [0.15, 0.2) is 6.29 Å². The molecule has 1 saturated heterocycles. The largest absolute Gasteiger partial charge is 0.467 e. The highest BCUT2D eigenvalue weighted by molar-refractivity contribution is 6.02. The predicted molar refractivity (Wildman–Crippen MR) is 74.9 cm³/mol. The van der Waals surface area contributed by atoms with Crippen molar-refractivity contribution in [2.45, 2.75) is 12.5 Å². The van der Waals surface area contributed by atoms with Gasteiger partial charge in [-0.2, -0.15) is 0 Å². The molecule has 2 heterocycles. The van der Waals surface area contributed by atoms with Crippen molar-refractivity contribution in [3.8, 4) is 0 Å². The highest BCUT2D eigenvalue weighted by Gasteiger charge is 2.36. The highest BCUT2D eigenvalue weighted by Crippen LogP contribution is 2.32. The summed E-state index contributed by atoms with van der Waals surface area (Å²) in [6, 6.07) is 7.21. The standard InChI is InChI=1S/C15H14N2O3/c1-20-15(19)13-6-8-17(13)12-5-4-10-3-2-7-16-14(10)11(12)9-18/h2-5,7,9,13H,6,8H2,1H3. The molecule has 1 aromatic carbocycles. The van der Waals surface area contributed by atoms with Gasteiger partial charge in [-0.1, -0.05) is 12.1 Å². The van der Waals surface area contributed by atoms with Crippen molar-refractivity contribution in [2.24, 2.45) is 0 Å². The molecule has 102 valence electrons. The molecule has 2 aromatic rings. The average molecular weight is 270 g/mol. The molecular formula is C15H14N2O3. The number of carbonyl (C=O) groups is 2. The molecule has 1 aliphatic heterocycles. The van der Waals surface area contributed by atoms with Crippen LogP contribution < -0.4 is 4.90 Å². The Labute approximate surface area is 116 Å². The van der Waals surface area contributed by atoms with E-state index in [4.69, 9.17) is 4.74 Å². The molecule has 0 aliphatic carbocycles. The molecular weight excluding hydrogens is 256 g/mol. The third-order valence-corrected chi connectivity index (χ3v) is 3.71. The number of anilines is 1. The van der Waals surface area contributed by atoms with Crippen LogP contribution in [0.3, 0.4) is 0 Å². The number of pyridine rings is 1. The van der Waals surface area contributed by atoms with Gasteiger partial charge in [0.25, 0.3) is 0 Å². The minimum atomic E-state index is -0.306. The monoisotopic (exact) mass is 270 g/mol. The Morgan fingerprint density at radius 3 is 2.95 bits per heavy atom. The third-order valence-electron chi connectivity index (χ3n) is 3.71. The molecule has 0 radical (unpaired) electrons. The molecule has 1 aliphatic rings. The zero-order valence-corrected chi connectivity index (χ0v) is 11.1. The van der Waals surface area contributed by atoms with Gasteiger partial charge in [0.05, 0.1) is 23.9 Å². The summed E-state index contributed by atoms with van der Waals surface area (Å²) in [6.45, 7) is 0.735. The lowest BCUT2D eigenvalue weighted by Gasteiger charge is -2.41. The Balaban J connectivity index is 2.08. The SMILES string of the molecule is COC(=O)C1CCN1c1ccc2cccnc2c1C=O. The lowest BCUT2D eigenvalue weighted by Crippen LogP contribution is -2.53. The van der Waals surface area contributed by atoms with Crippen LogP contribution in [-0.2, 0) is 9.53 Å². The van der Waals surface area contributed by atoms with Gasteiger partial charge in [0.2, 0.25) is 0 Å². The molecule has 1 unspecified atom stereocenters. The van der Waals surface area contributed by atoms with Gasteiger partial charge < -0.3 is 9.64 Å². The van der Waals surface area contributed by atoms with Crippen molar-refractivity contribution in [1.82, 2.24) is 4.98 Å². The van der Waals surface area contributed by atoms with E-state index in [9.17, 15) is 9.59 Å². The zero-order chi connectivity index (χ0) is 14.1. The molecule has 0 N–H and O–H groups in total. The van der Waals surface area contributed by atoms with Gasteiger partial charge in [-0.15, -0.1) is 0 Å². The maximum absolute atomic E-state index is 11.7. The maximum Gasteiger partial charge on any atom is 0.328 e. The van der Waals surface area contributed by atoms with Crippen LogP contribution in [0.2, 0.25) is 0 Å². The number of rotatable bonds is 3. The minimum absolute atomic E-state index is 0.269. The number of methoxy groups -OCH3 is 1. The first-order valence-electron chi connectivity index (χ1n) is 6.43. The van der Waals surface area contributed by atoms with E-state index in [1.807, 2.05) is 29.2 Å². The molecule has 5 heteroatoms. The van der Waals surface area contributed by atoms with E-state index in [1.165, 1.54) is 7.11 Å². The number of aromatic nitrogens is 1. The molecule has 1 atom stereocenters. The van der Waals surface area contributed by atoms with Gasteiger partial charge >= 0.3 is 5.97 Å². The van der Waals surface area contributed by atoms with Crippen molar-refractivity contribution in [3.05, 3.63) is 36.0 Å². The van der Waals surface area contributed by atoms with Crippen LogP contribution in [0.4, 0.5) is 5.69 Å². The molecule has 3 rings (SSSR count). The highest BCUT2D eigenvalue weighted by atomic mass is 16.5. The van der Waals surface area contributed by atoms with E-state index >= 15 is 0 Å². The molecule has 1 fully saturated rings. The quantitative estimate of drug-likeness (QED) is 0.628. The second-order valence-corrected chi connectivity index (χ2v) is 4.71. The van der Waals surface area contributed by atoms with Crippen LogP contribution in [0, 0.1) is 0 Å². The summed E-state index contributed by atoms with van der Waals surface area (Å²) in [5.41, 5.74) is 1.93. The van der Waals surface area contributed by atoms with Gasteiger partial charge in [-0.05, 0) is 18.6 Å². The summed E-state index contributed by atoms with van der Waals surface area (Å²) in [6.07, 6.45) is 3.20. The van der Waals surface area contributed by atoms with Crippen molar-refractivity contribution in [1.29, 1.82) is 0 Å². The number of carbonyl (C=O) groups excluding carboxylic acids is 2. The van der Waals surface area contributed by atoms with Crippen molar-refractivity contribution < 1.29 is 14.3 Å². The third kappa shape index (κ3) is 1.82. The minimum Gasteiger partial charge on any atom is -0.467 e. The fourth-order valence-electron chi connectivity index (χ4n) is 2.58. The summed E-state index contributed by atoms with van der Waals surface area (Å²) in [4.78, 5) is 29.3. The van der Waals surface area contributed by atoms with E-state index in [0.29, 0.717) is 11.1 Å². The van der Waals surface area contributed by atoms with Gasteiger partial charge in [-0.25, -0.2) is 4.79 Å². The van der Waals surface area contributed by atoms with Crippen LogP contribution in [0.1, 0.15) is 16.8 Å². The van der Waals surface area contributed by atoms with Crippen LogP contribution in [0.15, 0.2) is 30.5 Å². The lowest BCUT2D eigenvalue weighted by molar-refractivity contribution is -0.143. The molecule has 0 spiro atoms. The topological polar surface area (TPSA) is 59.5 Å². The summed E-state index contributed by atoms with van der Waals surface area (Å²) in [5, 5.41) is 0.911. The number of hydrogen-bond acceptors (Lipinski definition) is 5. The molecule has 20 heavy (non-hydrogen) atoms. The van der Waals surface area contributed by atoms with E-state index in [2.05, 4.69) is 4.98 Å². The van der Waals surface area contributed by atoms with Crippen molar-refractivity contribution in [3.63, 3.8) is 0 Å². The normalized spacial score (nSPS) is 17.6. The van der Waals surface area contributed by atoms with Gasteiger partial charge in [0, 0.05) is 18.1 Å². The first-order valence-corrected chi connectivity index (χ1v) is 6.43. The van der Waals surface area contributed by atoms with Crippen molar-refractivity contribution >= 4 is 28.8 Å². The van der Waals surface area contributed by atoms with E-state index < -0.39 is 0 Å². The second kappa shape index (κ2) is 4.92. The van der Waals surface area contributed by atoms with Crippen LogP contribution >= 0.6 is 0 Å². The van der Waals surface area contributed by atoms with E-state index in [0.717, 1.165) is 30.3 Å². The van der Waals surface area contributed by atoms with Crippen molar-refractivity contribution in [2.75, 3.05) is 18.6 Å². The van der Waals surface area contributed by atoms with Gasteiger partial charge in [0.1, 0.15) is 6.04 Å². The summed E-state index contributed by atoms with van der Waals surface area (Å²) < 4.78 is 4.78. The molecule has 5 nitrogen and oxygen atoms in total. The van der Waals surface area contributed by atoms with E-state index in [-0.39, 0.29) is 12.0 Å². The number of nitrogens with zero attached hydrogens (tertiary/aromatic N) is 2. The first kappa shape index (κ1) is 12.6. The average Bonchev–Trinajstić information content (AvgIpc) is 2.45. The predicted octanol–water partition coefficient (Wildman–Crippen LogP) is 1.80. The molecule has 0 saturated carbocycles. The van der Waals surface area contributed by atoms with Gasteiger partial charge in [-0.3, -0.25) is 9.78 Å². The maximum atomic E-state index is 11.7. The fraction of sp³-hybridized carbons (Fsp3) is 0.267. The van der Waals surface area contributed by atoms with Crippen LogP contribution in [0.5, 0.6) is 0 Å². The molecule has 0 bridgehead atoms. The number of esters is 1. The molecule has 1 aromatic heterocycles. The lowest BCUT2D eigenvalue weighted by atomic mass is 9.98. The molecule has 0 amide bonds. The smallest absolute Gasteiger partial charge is 0.328 e. The number of aldehydes is 1. The Hall–Kier alpha value is -2.43. The summed E-state index contributed by atoms with van der Waals surface area (Å²) in [5.74, 6) is -0.269. The number of hydrogen-bond donors (Lipinski definition) is 0. The number of ether oxygens (including phenoxy) is 1. The van der Waals surface area contributed by atoms with Crippen LogP contribution in [-0.4, -0.2) is 36.9 Å². The van der Waals surface area contributed by atoms with E-state index in [1.54, 1.807) is 6.20 Å². The Bertz CT molecular complexity index is 684. The first-order chi connectivity index (χ1) is 9.76. The number of benzene rings is 1.